The number of fused-ring (bicyclic) bond motifs is 2. The van der Waals surface area contributed by atoms with E-state index in [0.717, 1.165) is 23.8 Å². The quantitative estimate of drug-likeness (QED) is 0.480. The minimum absolute atomic E-state index is 0.0407. The molecule has 2 aliphatic heterocycles. The summed E-state index contributed by atoms with van der Waals surface area (Å²) in [5.41, 5.74) is 0.993. The van der Waals surface area contributed by atoms with E-state index in [1.54, 1.807) is 18.5 Å². The molecule has 2 bridgehead atoms. The molecule has 11 heteroatoms. The Bertz CT molecular complexity index is 1400. The number of rotatable bonds is 4. The number of halogens is 1. The summed E-state index contributed by atoms with van der Waals surface area (Å²) in [6.07, 6.45) is 4.79. The van der Waals surface area contributed by atoms with E-state index >= 15 is 0 Å². The summed E-state index contributed by atoms with van der Waals surface area (Å²) in [6.45, 7) is 2.93. The van der Waals surface area contributed by atoms with Crippen molar-refractivity contribution in [3.63, 3.8) is 0 Å². The smallest absolute Gasteiger partial charge is 0.280 e. The number of piperidine rings is 1. The minimum atomic E-state index is -0.188. The van der Waals surface area contributed by atoms with Gasteiger partial charge in [0.15, 0.2) is 11.3 Å². The molecular weight excluding hydrogens is 408 g/mol. The molecule has 150 valence electrons. The molecule has 2 saturated carbocycles. The number of nitrogens with zero attached hydrogens (tertiary/aromatic N) is 8. The maximum absolute atomic E-state index is 12.7. The van der Waals surface area contributed by atoms with E-state index in [0.29, 0.717) is 34.3 Å². The SMILES string of the molecule is Cc1cnn2ncn(Cc3nc([C@@]45C6[C@H]4[C@H]5CN6c4cc(Cl)ccn4)no3)c(=O)c12. The van der Waals surface area contributed by atoms with Crippen molar-refractivity contribution in [2.45, 2.75) is 24.9 Å². The zero-order chi connectivity index (χ0) is 20.2. The molecule has 4 atom stereocenters. The van der Waals surface area contributed by atoms with Gasteiger partial charge in [-0.15, -0.1) is 9.73 Å². The molecule has 4 aliphatic rings. The van der Waals surface area contributed by atoms with Crippen molar-refractivity contribution in [2.75, 3.05) is 11.4 Å². The highest BCUT2D eigenvalue weighted by Gasteiger charge is 2.95. The molecule has 0 N–H and O–H groups in total. The summed E-state index contributed by atoms with van der Waals surface area (Å²) >= 11 is 6.13. The fourth-order valence-electron chi connectivity index (χ4n) is 5.34. The summed E-state index contributed by atoms with van der Waals surface area (Å²) in [4.78, 5) is 24.1. The van der Waals surface area contributed by atoms with Gasteiger partial charge in [0.25, 0.3) is 5.56 Å². The van der Waals surface area contributed by atoms with Crippen LogP contribution in [0.15, 0.2) is 40.2 Å². The van der Waals surface area contributed by atoms with Crippen LogP contribution in [-0.4, -0.2) is 47.1 Å². The van der Waals surface area contributed by atoms with Gasteiger partial charge in [-0.2, -0.15) is 10.1 Å². The minimum Gasteiger partial charge on any atom is -0.352 e. The molecule has 1 unspecified atom stereocenters. The van der Waals surface area contributed by atoms with Crippen LogP contribution >= 0.6 is 11.6 Å². The molecular formula is C19H15ClN8O2. The molecule has 0 amide bonds. The van der Waals surface area contributed by atoms with Crippen molar-refractivity contribution in [3.8, 4) is 0 Å². The van der Waals surface area contributed by atoms with Crippen molar-refractivity contribution in [1.82, 2.24) is 34.5 Å². The van der Waals surface area contributed by atoms with Crippen LogP contribution in [0.3, 0.4) is 0 Å². The van der Waals surface area contributed by atoms with Crippen molar-refractivity contribution in [1.29, 1.82) is 0 Å². The van der Waals surface area contributed by atoms with E-state index in [1.807, 2.05) is 13.0 Å². The van der Waals surface area contributed by atoms with Crippen LogP contribution in [0.5, 0.6) is 0 Å². The second-order valence-electron chi connectivity index (χ2n) is 8.24. The van der Waals surface area contributed by atoms with Gasteiger partial charge in [-0.1, -0.05) is 16.8 Å². The number of hydrogen-bond donors (Lipinski definition) is 0. The fourth-order valence-corrected chi connectivity index (χ4v) is 5.49. The summed E-state index contributed by atoms with van der Waals surface area (Å²) in [6, 6.07) is 4.01. The lowest BCUT2D eigenvalue weighted by molar-refractivity contribution is 0.361. The fraction of sp³-hybridized carbons (Fsp3) is 0.368. The predicted molar refractivity (Wildman–Crippen MR) is 104 cm³/mol. The van der Waals surface area contributed by atoms with Crippen LogP contribution in [0.1, 0.15) is 17.3 Å². The van der Waals surface area contributed by atoms with Crippen molar-refractivity contribution in [2.24, 2.45) is 11.8 Å². The summed E-state index contributed by atoms with van der Waals surface area (Å²) < 4.78 is 8.30. The van der Waals surface area contributed by atoms with E-state index in [9.17, 15) is 4.79 Å². The number of anilines is 1. The standard InChI is InChI=1S/C19H15ClN8O2/c1-9-5-22-28-15(9)17(29)26(8-23-28)7-13-24-18(25-30-13)19-11-6-27(16(19)14(11)19)12-4-10(20)2-3-21-12/h2-5,8,11,14,16H,6-7H2,1H3/t11-,14-,16?,19-/m1/s1. The first-order valence-corrected chi connectivity index (χ1v) is 10.1. The topological polar surface area (TPSA) is 107 Å². The predicted octanol–water partition coefficient (Wildman–Crippen LogP) is 1.07. The molecule has 4 aromatic rings. The van der Waals surface area contributed by atoms with E-state index in [4.69, 9.17) is 16.1 Å². The summed E-state index contributed by atoms with van der Waals surface area (Å²) in [7, 11) is 0. The molecule has 2 aliphatic carbocycles. The molecule has 0 radical (unpaired) electrons. The number of pyridine rings is 1. The van der Waals surface area contributed by atoms with Gasteiger partial charge in [-0.3, -0.25) is 9.36 Å². The van der Waals surface area contributed by atoms with E-state index in [1.165, 1.54) is 15.5 Å². The molecule has 0 aromatic carbocycles. The first-order chi connectivity index (χ1) is 14.6. The molecule has 4 aromatic heterocycles. The zero-order valence-electron chi connectivity index (χ0n) is 15.8. The van der Waals surface area contributed by atoms with E-state index < -0.39 is 0 Å². The third-order valence-electron chi connectivity index (χ3n) is 6.80. The molecule has 10 nitrogen and oxygen atoms in total. The largest absolute Gasteiger partial charge is 0.352 e. The van der Waals surface area contributed by atoms with Gasteiger partial charge >= 0.3 is 0 Å². The maximum Gasteiger partial charge on any atom is 0.280 e. The van der Waals surface area contributed by atoms with Gasteiger partial charge < -0.3 is 9.42 Å². The van der Waals surface area contributed by atoms with Crippen LogP contribution < -0.4 is 10.5 Å². The second kappa shape index (κ2) is 5.25. The Morgan fingerprint density at radius 1 is 1.37 bits per heavy atom. The van der Waals surface area contributed by atoms with E-state index in [-0.39, 0.29) is 17.5 Å². The van der Waals surface area contributed by atoms with Gasteiger partial charge in [0.1, 0.15) is 18.7 Å². The first-order valence-electron chi connectivity index (χ1n) is 9.70. The third-order valence-corrected chi connectivity index (χ3v) is 7.04. The Hall–Kier alpha value is -3.27. The van der Waals surface area contributed by atoms with Crippen LogP contribution in [0, 0.1) is 18.8 Å². The normalized spacial score (nSPS) is 28.2. The number of hydrogen-bond acceptors (Lipinski definition) is 8. The Morgan fingerprint density at radius 2 is 2.27 bits per heavy atom. The Balaban J connectivity index is 1.17. The first kappa shape index (κ1) is 16.5. The van der Waals surface area contributed by atoms with Crippen LogP contribution in [0.4, 0.5) is 5.82 Å². The van der Waals surface area contributed by atoms with Crippen LogP contribution in [0.2, 0.25) is 5.02 Å². The third kappa shape index (κ3) is 1.89. The van der Waals surface area contributed by atoms with Crippen LogP contribution in [0.25, 0.3) is 5.52 Å². The van der Waals surface area contributed by atoms with Gasteiger partial charge in [-0.25, -0.2) is 4.98 Å². The lowest BCUT2D eigenvalue weighted by Gasteiger charge is -2.17. The van der Waals surface area contributed by atoms with Gasteiger partial charge in [0, 0.05) is 35.3 Å². The molecule has 6 heterocycles. The zero-order valence-corrected chi connectivity index (χ0v) is 16.6. The highest BCUT2D eigenvalue weighted by Crippen LogP contribution is 2.85. The average Bonchev–Trinajstić information content (AvgIpc) is 3.21. The maximum atomic E-state index is 12.7. The molecule has 8 rings (SSSR count). The average molecular weight is 423 g/mol. The van der Waals surface area contributed by atoms with E-state index in [2.05, 4.69) is 30.2 Å². The van der Waals surface area contributed by atoms with Crippen LogP contribution in [-0.2, 0) is 12.0 Å². The number of aromatic nitrogens is 7. The monoisotopic (exact) mass is 422 g/mol. The lowest BCUT2D eigenvalue weighted by atomic mass is 10.1. The summed E-state index contributed by atoms with van der Waals surface area (Å²) in [5, 5.41) is 13.2. The van der Waals surface area contributed by atoms with Crippen molar-refractivity contribution < 1.29 is 4.52 Å². The van der Waals surface area contributed by atoms with Gasteiger partial charge in [0.05, 0.1) is 11.6 Å². The Labute approximate surface area is 174 Å². The molecule has 4 fully saturated rings. The van der Waals surface area contributed by atoms with Crippen molar-refractivity contribution >= 4 is 22.9 Å². The molecule has 2 saturated heterocycles. The Morgan fingerprint density at radius 3 is 3.10 bits per heavy atom. The van der Waals surface area contributed by atoms with Gasteiger partial charge in [-0.05, 0) is 25.0 Å². The van der Waals surface area contributed by atoms with Gasteiger partial charge in [0.2, 0.25) is 5.89 Å². The highest BCUT2D eigenvalue weighted by atomic mass is 35.5. The lowest BCUT2D eigenvalue weighted by Crippen LogP contribution is -2.24. The highest BCUT2D eigenvalue weighted by molar-refractivity contribution is 6.30. The Kier molecular flexibility index (Phi) is 2.89. The molecule has 30 heavy (non-hydrogen) atoms. The number of aryl methyl sites for hydroxylation is 1. The summed E-state index contributed by atoms with van der Waals surface area (Å²) in [5.74, 6) is 3.08. The molecule has 0 spiro atoms. The van der Waals surface area contributed by atoms with Crippen molar-refractivity contribution in [3.05, 3.63) is 63.5 Å². The second-order valence-corrected chi connectivity index (χ2v) is 8.67.